The summed E-state index contributed by atoms with van der Waals surface area (Å²) < 4.78 is 38.0. The summed E-state index contributed by atoms with van der Waals surface area (Å²) in [6, 6.07) is 1.42. The van der Waals surface area contributed by atoms with Crippen LogP contribution in [-0.2, 0) is 6.18 Å². The van der Waals surface area contributed by atoms with Crippen LogP contribution in [0.2, 0.25) is 0 Å². The first-order valence-corrected chi connectivity index (χ1v) is 5.85. The fraction of sp³-hybridized carbons (Fsp3) is 0.300. The second kappa shape index (κ2) is 4.27. The largest absolute Gasteiger partial charge is 0.423 e. The van der Waals surface area contributed by atoms with Gasteiger partial charge in [-0.05, 0) is 6.07 Å². The van der Waals surface area contributed by atoms with Gasteiger partial charge in [0.15, 0.2) is 5.78 Å². The van der Waals surface area contributed by atoms with E-state index in [2.05, 4.69) is 0 Å². The van der Waals surface area contributed by atoms with E-state index in [4.69, 9.17) is 0 Å². The fourth-order valence-corrected chi connectivity index (χ4v) is 2.71. The predicted molar refractivity (Wildman–Crippen MR) is 57.8 cm³/mol. The molecular formula is C10H6F3NO3S. The number of hydrogen-bond acceptors (Lipinski definition) is 4. The molecule has 8 heteroatoms. The number of ketones is 1. The summed E-state index contributed by atoms with van der Waals surface area (Å²) in [5.74, 6) is 0.0292. The predicted octanol–water partition coefficient (Wildman–Crippen LogP) is 3.29. The third-order valence-electron chi connectivity index (χ3n) is 2.49. The Labute approximate surface area is 103 Å². The topological polar surface area (TPSA) is 60.2 Å². The van der Waals surface area contributed by atoms with Gasteiger partial charge in [-0.25, -0.2) is 0 Å². The van der Waals surface area contributed by atoms with Crippen LogP contribution in [0.3, 0.4) is 0 Å². The Balaban J connectivity index is 2.68. The molecule has 1 aromatic carbocycles. The highest BCUT2D eigenvalue weighted by Gasteiger charge is 2.40. The zero-order valence-corrected chi connectivity index (χ0v) is 9.60. The molecule has 0 fully saturated rings. The highest BCUT2D eigenvalue weighted by molar-refractivity contribution is 7.99. The molecule has 0 radical (unpaired) electrons. The molecule has 4 nitrogen and oxygen atoms in total. The van der Waals surface area contributed by atoms with Gasteiger partial charge in [0.1, 0.15) is 5.56 Å². The summed E-state index contributed by atoms with van der Waals surface area (Å²) in [6.45, 7) is 0. The molecule has 0 spiro atoms. The van der Waals surface area contributed by atoms with Crippen LogP contribution in [0.15, 0.2) is 17.0 Å². The Bertz CT molecular complexity index is 542. The number of nitro groups is 1. The summed E-state index contributed by atoms with van der Waals surface area (Å²) in [4.78, 5) is 21.2. The number of carbonyl (C=O) groups excluding carboxylic acids is 1. The highest BCUT2D eigenvalue weighted by atomic mass is 32.2. The first kappa shape index (κ1) is 12.9. The van der Waals surface area contributed by atoms with Crippen LogP contribution < -0.4 is 0 Å². The van der Waals surface area contributed by atoms with Gasteiger partial charge in [0.25, 0.3) is 5.69 Å². The molecule has 1 aliphatic heterocycles. The van der Waals surface area contributed by atoms with E-state index in [9.17, 15) is 28.1 Å². The lowest BCUT2D eigenvalue weighted by atomic mass is 10.0. The van der Waals surface area contributed by atoms with Gasteiger partial charge in [0.2, 0.25) is 0 Å². The SMILES string of the molecule is O=C1CCSc2cc(C(F)(F)F)c([N+](=O)[O-])cc21. The van der Waals surface area contributed by atoms with Gasteiger partial charge in [-0.15, -0.1) is 11.8 Å². The van der Waals surface area contributed by atoms with E-state index in [1.54, 1.807) is 0 Å². The van der Waals surface area contributed by atoms with E-state index in [1.165, 1.54) is 0 Å². The van der Waals surface area contributed by atoms with Crippen LogP contribution in [-0.4, -0.2) is 16.5 Å². The number of carbonyl (C=O) groups is 1. The van der Waals surface area contributed by atoms with Crippen molar-refractivity contribution in [2.24, 2.45) is 0 Å². The number of alkyl halides is 3. The van der Waals surface area contributed by atoms with Crippen LogP contribution in [0.1, 0.15) is 22.3 Å². The van der Waals surface area contributed by atoms with Crippen LogP contribution in [0.25, 0.3) is 0 Å². The molecule has 1 aromatic rings. The average Bonchev–Trinajstić information content (AvgIpc) is 2.26. The molecule has 0 bridgehead atoms. The number of nitrogens with zero attached hydrogens (tertiary/aromatic N) is 1. The Hall–Kier alpha value is -1.57. The Kier molecular flexibility index (Phi) is 3.05. The van der Waals surface area contributed by atoms with Crippen molar-refractivity contribution in [3.8, 4) is 0 Å². The third-order valence-corrected chi connectivity index (χ3v) is 3.54. The molecule has 0 N–H and O–H groups in total. The first-order chi connectivity index (χ1) is 8.30. The normalized spacial score (nSPS) is 15.4. The van der Waals surface area contributed by atoms with Gasteiger partial charge in [-0.1, -0.05) is 0 Å². The maximum atomic E-state index is 12.7. The lowest BCUT2D eigenvalue weighted by Crippen LogP contribution is -2.14. The molecule has 0 amide bonds. The molecule has 2 rings (SSSR count). The number of rotatable bonds is 1. The minimum Gasteiger partial charge on any atom is -0.294 e. The smallest absolute Gasteiger partial charge is 0.294 e. The Morgan fingerprint density at radius 1 is 1.33 bits per heavy atom. The number of halogens is 3. The highest BCUT2D eigenvalue weighted by Crippen LogP contribution is 2.41. The van der Waals surface area contributed by atoms with E-state index in [-0.39, 0.29) is 22.7 Å². The first-order valence-electron chi connectivity index (χ1n) is 4.86. The van der Waals surface area contributed by atoms with Crippen molar-refractivity contribution < 1.29 is 22.9 Å². The van der Waals surface area contributed by atoms with Crippen molar-refractivity contribution in [1.29, 1.82) is 0 Å². The van der Waals surface area contributed by atoms with Crippen LogP contribution in [0.4, 0.5) is 18.9 Å². The van der Waals surface area contributed by atoms with E-state index in [1.807, 2.05) is 0 Å². The molecule has 1 heterocycles. The van der Waals surface area contributed by atoms with Crippen molar-refractivity contribution in [1.82, 2.24) is 0 Å². The molecule has 0 aliphatic carbocycles. The third kappa shape index (κ3) is 2.20. The minimum absolute atomic E-state index is 0.00551. The van der Waals surface area contributed by atoms with Crippen molar-refractivity contribution in [3.05, 3.63) is 33.4 Å². The van der Waals surface area contributed by atoms with Gasteiger partial charge < -0.3 is 0 Å². The molecule has 0 saturated heterocycles. The Morgan fingerprint density at radius 3 is 2.56 bits per heavy atom. The zero-order chi connectivity index (χ0) is 13.5. The van der Waals surface area contributed by atoms with Crippen LogP contribution in [0.5, 0.6) is 0 Å². The average molecular weight is 277 g/mol. The van der Waals surface area contributed by atoms with Crippen molar-refractivity contribution in [2.45, 2.75) is 17.5 Å². The van der Waals surface area contributed by atoms with E-state index < -0.39 is 22.4 Å². The summed E-state index contributed by atoms with van der Waals surface area (Å²) in [7, 11) is 0. The number of Topliss-reactive ketones (excluding diaryl/α,β-unsaturated/α-hetero) is 1. The fourth-order valence-electron chi connectivity index (χ4n) is 1.67. The summed E-state index contributed by atoms with van der Waals surface area (Å²) in [5, 5.41) is 10.6. The van der Waals surface area contributed by atoms with E-state index >= 15 is 0 Å². The Morgan fingerprint density at radius 2 is 2.00 bits per heavy atom. The van der Waals surface area contributed by atoms with Crippen molar-refractivity contribution in [3.63, 3.8) is 0 Å². The van der Waals surface area contributed by atoms with Gasteiger partial charge in [-0.3, -0.25) is 14.9 Å². The van der Waals surface area contributed by atoms with Crippen molar-refractivity contribution >= 4 is 23.2 Å². The molecule has 0 aromatic heterocycles. The number of benzene rings is 1. The second-order valence-electron chi connectivity index (χ2n) is 3.64. The number of thioether (sulfide) groups is 1. The van der Waals surface area contributed by atoms with Gasteiger partial charge in [0, 0.05) is 28.7 Å². The quantitative estimate of drug-likeness (QED) is 0.583. The van der Waals surface area contributed by atoms with Crippen molar-refractivity contribution in [2.75, 3.05) is 5.75 Å². The van der Waals surface area contributed by atoms with E-state index in [0.717, 1.165) is 17.8 Å². The summed E-state index contributed by atoms with van der Waals surface area (Å²) in [5.41, 5.74) is -2.38. The zero-order valence-electron chi connectivity index (χ0n) is 8.78. The maximum Gasteiger partial charge on any atom is 0.423 e. The molecule has 0 saturated carbocycles. The summed E-state index contributed by atoms with van der Waals surface area (Å²) in [6.07, 6.45) is -4.63. The minimum atomic E-state index is -4.81. The van der Waals surface area contributed by atoms with Gasteiger partial charge >= 0.3 is 6.18 Å². The monoisotopic (exact) mass is 277 g/mol. The number of hydrogen-bond donors (Lipinski definition) is 0. The molecule has 18 heavy (non-hydrogen) atoms. The van der Waals surface area contributed by atoms with Crippen LogP contribution >= 0.6 is 11.8 Å². The molecule has 0 unspecified atom stereocenters. The lowest BCUT2D eigenvalue weighted by molar-refractivity contribution is -0.388. The van der Waals surface area contributed by atoms with Gasteiger partial charge in [0.05, 0.1) is 4.92 Å². The van der Waals surface area contributed by atoms with Gasteiger partial charge in [-0.2, -0.15) is 13.2 Å². The number of nitro benzene ring substituents is 1. The standard InChI is InChI=1S/C10H6F3NO3S/c11-10(12,13)6-4-9-5(3-7(6)14(16)17)8(15)1-2-18-9/h3-4H,1-2H2. The molecule has 1 aliphatic rings. The number of fused-ring (bicyclic) bond motifs is 1. The molecule has 0 atom stereocenters. The van der Waals surface area contributed by atoms with E-state index in [0.29, 0.717) is 11.8 Å². The molecule has 96 valence electrons. The second-order valence-corrected chi connectivity index (χ2v) is 4.78. The lowest BCUT2D eigenvalue weighted by Gasteiger charge is -2.16. The maximum absolute atomic E-state index is 12.7. The summed E-state index contributed by atoms with van der Waals surface area (Å²) >= 11 is 1.10. The molecular weight excluding hydrogens is 271 g/mol. The van der Waals surface area contributed by atoms with Crippen LogP contribution in [0, 0.1) is 10.1 Å².